The molecule has 0 atom stereocenters. The fourth-order valence-corrected chi connectivity index (χ4v) is 1.75. The molecule has 3 rings (SSSR count). The first-order chi connectivity index (χ1) is 8.34. The van der Waals surface area contributed by atoms with Crippen molar-refractivity contribution in [2.24, 2.45) is 0 Å². The number of rotatable bonds is 2. The van der Waals surface area contributed by atoms with Gasteiger partial charge in [-0.1, -0.05) is 0 Å². The zero-order chi connectivity index (χ0) is 11.7. The Labute approximate surface area is 97.1 Å². The summed E-state index contributed by atoms with van der Waals surface area (Å²) in [7, 11) is 0. The average Bonchev–Trinajstić information content (AvgIpc) is 3.02. The molecule has 0 spiro atoms. The molecule has 0 saturated carbocycles. The molecule has 2 heterocycles. The first-order valence-electron chi connectivity index (χ1n) is 5.18. The van der Waals surface area contributed by atoms with Crippen LogP contribution in [0.4, 0.5) is 4.39 Å². The predicted molar refractivity (Wildman–Crippen MR) is 61.2 cm³/mol. The van der Waals surface area contributed by atoms with E-state index < -0.39 is 0 Å². The van der Waals surface area contributed by atoms with Gasteiger partial charge in [-0.2, -0.15) is 5.10 Å². The topological polar surface area (TPSA) is 31.0 Å². The molecule has 84 valence electrons. The number of benzene rings is 1. The second-order valence-corrected chi connectivity index (χ2v) is 3.59. The normalized spacial score (nSPS) is 10.6. The van der Waals surface area contributed by atoms with Gasteiger partial charge in [-0.3, -0.25) is 0 Å². The first kappa shape index (κ1) is 9.84. The first-order valence-corrected chi connectivity index (χ1v) is 5.18. The van der Waals surface area contributed by atoms with Gasteiger partial charge in [0.1, 0.15) is 11.6 Å². The maximum atomic E-state index is 13.3. The Kier molecular flexibility index (Phi) is 2.26. The monoisotopic (exact) mass is 228 g/mol. The molecule has 0 radical (unpaired) electrons. The van der Waals surface area contributed by atoms with Crippen LogP contribution in [0.1, 0.15) is 0 Å². The minimum atomic E-state index is -0.299. The van der Waals surface area contributed by atoms with Crippen LogP contribution in [-0.2, 0) is 0 Å². The minimum Gasteiger partial charge on any atom is -0.464 e. The molecule has 0 fully saturated rings. The van der Waals surface area contributed by atoms with Gasteiger partial charge in [0.25, 0.3) is 0 Å². The third-order valence-corrected chi connectivity index (χ3v) is 2.50. The van der Waals surface area contributed by atoms with Crippen LogP contribution in [0.15, 0.2) is 59.5 Å². The van der Waals surface area contributed by atoms with Crippen LogP contribution in [0.5, 0.6) is 0 Å². The summed E-state index contributed by atoms with van der Waals surface area (Å²) in [6.07, 6.45) is 5.04. The van der Waals surface area contributed by atoms with Gasteiger partial charge in [0.15, 0.2) is 0 Å². The van der Waals surface area contributed by atoms with Crippen molar-refractivity contribution in [3.8, 4) is 17.0 Å². The van der Waals surface area contributed by atoms with Gasteiger partial charge < -0.3 is 4.42 Å². The molecule has 2 aromatic heterocycles. The average molecular weight is 228 g/mol. The molecule has 3 nitrogen and oxygen atoms in total. The number of furan rings is 1. The molecule has 0 aliphatic carbocycles. The van der Waals surface area contributed by atoms with Crippen molar-refractivity contribution in [1.82, 2.24) is 9.78 Å². The van der Waals surface area contributed by atoms with Crippen LogP contribution >= 0.6 is 0 Å². The highest BCUT2D eigenvalue weighted by atomic mass is 19.1. The highest BCUT2D eigenvalue weighted by molar-refractivity contribution is 5.68. The highest BCUT2D eigenvalue weighted by Crippen LogP contribution is 2.27. The summed E-state index contributed by atoms with van der Waals surface area (Å²) in [6.45, 7) is 0. The zero-order valence-electron chi connectivity index (χ0n) is 8.88. The molecule has 0 bridgehead atoms. The molecule has 3 aromatic rings. The lowest BCUT2D eigenvalue weighted by molar-refractivity contribution is 0.579. The zero-order valence-corrected chi connectivity index (χ0v) is 8.88. The van der Waals surface area contributed by atoms with Gasteiger partial charge in [-0.15, -0.1) is 0 Å². The van der Waals surface area contributed by atoms with Gasteiger partial charge in [0.05, 0.1) is 12.0 Å². The summed E-state index contributed by atoms with van der Waals surface area (Å²) in [5.74, 6) is 0.322. The summed E-state index contributed by atoms with van der Waals surface area (Å²) in [4.78, 5) is 0. The van der Waals surface area contributed by atoms with Crippen molar-refractivity contribution >= 4 is 0 Å². The summed E-state index contributed by atoms with van der Waals surface area (Å²) in [5, 5.41) is 4.14. The Hall–Kier alpha value is -2.36. The second kappa shape index (κ2) is 3.90. The van der Waals surface area contributed by atoms with E-state index in [2.05, 4.69) is 5.10 Å². The molecule has 0 aliphatic heterocycles. The number of aromatic nitrogens is 2. The standard InChI is InChI=1S/C13H9FN2O/c14-10-4-5-12(16-7-2-6-15-16)11(9-10)13-3-1-8-17-13/h1-9H. The molecular formula is C13H9FN2O. The quantitative estimate of drug-likeness (QED) is 0.674. The van der Waals surface area contributed by atoms with Crippen molar-refractivity contribution in [2.45, 2.75) is 0 Å². The highest BCUT2D eigenvalue weighted by Gasteiger charge is 2.10. The number of nitrogens with zero attached hydrogens (tertiary/aromatic N) is 2. The Balaban J connectivity index is 2.22. The Morgan fingerprint density at radius 1 is 1.18 bits per heavy atom. The Morgan fingerprint density at radius 3 is 2.82 bits per heavy atom. The number of hydrogen-bond donors (Lipinski definition) is 0. The molecule has 0 amide bonds. The Bertz CT molecular complexity index is 615. The number of hydrogen-bond acceptors (Lipinski definition) is 2. The van der Waals surface area contributed by atoms with E-state index in [0.717, 1.165) is 5.69 Å². The maximum absolute atomic E-state index is 13.3. The van der Waals surface area contributed by atoms with Crippen LogP contribution < -0.4 is 0 Å². The lowest BCUT2D eigenvalue weighted by atomic mass is 10.1. The van der Waals surface area contributed by atoms with E-state index in [4.69, 9.17) is 4.42 Å². The van der Waals surface area contributed by atoms with Gasteiger partial charge in [0.2, 0.25) is 0 Å². The van der Waals surface area contributed by atoms with Crippen LogP contribution in [0, 0.1) is 5.82 Å². The lowest BCUT2D eigenvalue weighted by Crippen LogP contribution is -1.97. The third kappa shape index (κ3) is 1.73. The van der Waals surface area contributed by atoms with E-state index in [1.165, 1.54) is 12.1 Å². The minimum absolute atomic E-state index is 0.299. The van der Waals surface area contributed by atoms with Crippen molar-refractivity contribution in [1.29, 1.82) is 0 Å². The van der Waals surface area contributed by atoms with Crippen molar-refractivity contribution < 1.29 is 8.81 Å². The third-order valence-electron chi connectivity index (χ3n) is 2.50. The summed E-state index contributed by atoms with van der Waals surface area (Å²) >= 11 is 0. The van der Waals surface area contributed by atoms with Gasteiger partial charge in [-0.05, 0) is 36.4 Å². The fourth-order valence-electron chi connectivity index (χ4n) is 1.75. The molecule has 1 aromatic carbocycles. The second-order valence-electron chi connectivity index (χ2n) is 3.59. The summed E-state index contributed by atoms with van der Waals surface area (Å²) in [5.41, 5.74) is 1.46. The molecule has 0 N–H and O–H groups in total. The van der Waals surface area contributed by atoms with Crippen LogP contribution in [0.25, 0.3) is 17.0 Å². The van der Waals surface area contributed by atoms with Gasteiger partial charge >= 0.3 is 0 Å². The van der Waals surface area contributed by atoms with Crippen LogP contribution in [-0.4, -0.2) is 9.78 Å². The van der Waals surface area contributed by atoms with E-state index in [0.29, 0.717) is 11.3 Å². The van der Waals surface area contributed by atoms with E-state index in [1.807, 2.05) is 6.07 Å². The van der Waals surface area contributed by atoms with Crippen molar-refractivity contribution in [3.63, 3.8) is 0 Å². The van der Waals surface area contributed by atoms with E-state index in [-0.39, 0.29) is 5.82 Å². The molecular weight excluding hydrogens is 219 g/mol. The van der Waals surface area contributed by atoms with Crippen molar-refractivity contribution in [3.05, 3.63) is 60.9 Å². The van der Waals surface area contributed by atoms with E-state index >= 15 is 0 Å². The van der Waals surface area contributed by atoms with Crippen LogP contribution in [0.3, 0.4) is 0 Å². The largest absolute Gasteiger partial charge is 0.464 e. The SMILES string of the molecule is Fc1ccc(-n2cccn2)c(-c2ccco2)c1. The molecule has 17 heavy (non-hydrogen) atoms. The smallest absolute Gasteiger partial charge is 0.136 e. The molecule has 0 unspecified atom stereocenters. The van der Waals surface area contributed by atoms with Gasteiger partial charge in [0, 0.05) is 18.0 Å². The summed E-state index contributed by atoms with van der Waals surface area (Å²) in [6, 6.07) is 9.91. The molecule has 4 heteroatoms. The van der Waals surface area contributed by atoms with Crippen LogP contribution in [0.2, 0.25) is 0 Å². The Morgan fingerprint density at radius 2 is 2.12 bits per heavy atom. The lowest BCUT2D eigenvalue weighted by Gasteiger charge is -2.07. The number of halogens is 1. The fraction of sp³-hybridized carbons (Fsp3) is 0. The van der Waals surface area contributed by atoms with Gasteiger partial charge in [-0.25, -0.2) is 9.07 Å². The maximum Gasteiger partial charge on any atom is 0.136 e. The molecule has 0 aliphatic rings. The summed E-state index contributed by atoms with van der Waals surface area (Å²) < 4.78 is 20.3. The van der Waals surface area contributed by atoms with Crippen molar-refractivity contribution in [2.75, 3.05) is 0 Å². The molecule has 0 saturated heterocycles. The predicted octanol–water partition coefficient (Wildman–Crippen LogP) is 3.27. The van der Waals surface area contributed by atoms with E-state index in [1.54, 1.807) is 41.5 Å². The van der Waals surface area contributed by atoms with E-state index in [9.17, 15) is 4.39 Å².